The molecule has 1 atom stereocenters. The predicted molar refractivity (Wildman–Crippen MR) is 103 cm³/mol. The number of nitrogens with one attached hydrogen (secondary N) is 1. The number of H-pyrrole nitrogens is 1. The number of amides is 1. The smallest absolute Gasteiger partial charge is 0.251 e. The van der Waals surface area contributed by atoms with E-state index in [1.54, 1.807) is 4.90 Å². The monoisotopic (exact) mass is 401 g/mol. The van der Waals surface area contributed by atoms with Crippen molar-refractivity contribution in [2.24, 2.45) is 5.92 Å². The van der Waals surface area contributed by atoms with E-state index < -0.39 is 9.84 Å². The van der Waals surface area contributed by atoms with Crippen LogP contribution in [0.5, 0.6) is 0 Å². The zero-order valence-corrected chi connectivity index (χ0v) is 17.2. The fourth-order valence-corrected chi connectivity index (χ4v) is 5.53. The predicted octanol–water partition coefficient (Wildman–Crippen LogP) is 1.49. The van der Waals surface area contributed by atoms with E-state index in [9.17, 15) is 18.0 Å². The second-order valence-electron chi connectivity index (χ2n) is 7.08. The maximum Gasteiger partial charge on any atom is 0.251 e. The topological polar surface area (TPSA) is 100 Å². The van der Waals surface area contributed by atoms with Crippen molar-refractivity contribution >= 4 is 27.5 Å². The highest BCUT2D eigenvalue weighted by molar-refractivity contribution is 7.99. The molecule has 7 nitrogen and oxygen atoms in total. The SMILES string of the molecule is CCCc1cc(=O)[nH]c(SCC(=O)N(CC(C)C)[C@H]2CCS(=O)(=O)C2)n1. The highest BCUT2D eigenvalue weighted by Crippen LogP contribution is 2.21. The van der Waals surface area contributed by atoms with Gasteiger partial charge < -0.3 is 9.88 Å². The molecular formula is C17H27N3O4S2. The highest BCUT2D eigenvalue weighted by Gasteiger charge is 2.34. The lowest BCUT2D eigenvalue weighted by molar-refractivity contribution is -0.130. The largest absolute Gasteiger partial charge is 0.338 e. The Bertz CT molecular complexity index is 789. The van der Waals surface area contributed by atoms with E-state index in [1.807, 2.05) is 20.8 Å². The van der Waals surface area contributed by atoms with Gasteiger partial charge in [0.2, 0.25) is 5.91 Å². The first kappa shape index (κ1) is 21.0. The van der Waals surface area contributed by atoms with Crippen LogP contribution in [-0.2, 0) is 21.1 Å². The van der Waals surface area contributed by atoms with Crippen molar-refractivity contribution in [1.29, 1.82) is 0 Å². The van der Waals surface area contributed by atoms with Gasteiger partial charge in [0.1, 0.15) is 0 Å². The highest BCUT2D eigenvalue weighted by atomic mass is 32.2. The Balaban J connectivity index is 2.06. The van der Waals surface area contributed by atoms with Crippen LogP contribution in [0.1, 0.15) is 39.3 Å². The average molecular weight is 402 g/mol. The quantitative estimate of drug-likeness (QED) is 0.523. The van der Waals surface area contributed by atoms with Crippen LogP contribution in [-0.4, -0.2) is 59.0 Å². The summed E-state index contributed by atoms with van der Waals surface area (Å²) in [5, 5.41) is 0.429. The zero-order chi connectivity index (χ0) is 19.3. The van der Waals surface area contributed by atoms with E-state index >= 15 is 0 Å². The number of hydrogen-bond acceptors (Lipinski definition) is 6. The molecular weight excluding hydrogens is 374 g/mol. The lowest BCUT2D eigenvalue weighted by atomic mass is 10.1. The van der Waals surface area contributed by atoms with Crippen molar-refractivity contribution in [1.82, 2.24) is 14.9 Å². The van der Waals surface area contributed by atoms with Gasteiger partial charge >= 0.3 is 0 Å². The molecule has 0 spiro atoms. The van der Waals surface area contributed by atoms with Gasteiger partial charge in [-0.15, -0.1) is 0 Å². The fourth-order valence-electron chi connectivity index (χ4n) is 3.02. The van der Waals surface area contributed by atoms with Crippen molar-refractivity contribution in [3.63, 3.8) is 0 Å². The first-order valence-electron chi connectivity index (χ1n) is 8.93. The third-order valence-electron chi connectivity index (χ3n) is 4.14. The van der Waals surface area contributed by atoms with Gasteiger partial charge in [-0.3, -0.25) is 9.59 Å². The molecule has 0 saturated carbocycles. The molecule has 1 aliphatic rings. The van der Waals surface area contributed by atoms with Crippen molar-refractivity contribution < 1.29 is 13.2 Å². The van der Waals surface area contributed by atoms with Crippen LogP contribution >= 0.6 is 11.8 Å². The molecule has 1 fully saturated rings. The van der Waals surface area contributed by atoms with Gasteiger partial charge in [-0.2, -0.15) is 0 Å². The molecule has 2 heterocycles. The molecule has 0 aromatic carbocycles. The van der Waals surface area contributed by atoms with Crippen LogP contribution in [0.25, 0.3) is 0 Å². The summed E-state index contributed by atoms with van der Waals surface area (Å²) in [6, 6.07) is 1.22. The Labute approximate surface area is 158 Å². The maximum absolute atomic E-state index is 12.7. The van der Waals surface area contributed by atoms with E-state index in [0.29, 0.717) is 30.2 Å². The number of aromatic nitrogens is 2. The molecule has 0 radical (unpaired) electrons. The minimum Gasteiger partial charge on any atom is -0.338 e. The number of aryl methyl sites for hydroxylation is 1. The molecule has 0 unspecified atom stereocenters. The molecule has 1 saturated heterocycles. The van der Waals surface area contributed by atoms with Crippen molar-refractivity contribution in [3.05, 3.63) is 22.1 Å². The summed E-state index contributed by atoms with van der Waals surface area (Å²) in [7, 11) is -3.06. The summed E-state index contributed by atoms with van der Waals surface area (Å²) >= 11 is 1.19. The van der Waals surface area contributed by atoms with Gasteiger partial charge in [0.05, 0.1) is 17.3 Å². The number of carbonyl (C=O) groups excluding carboxylic acids is 1. The van der Waals surface area contributed by atoms with Gasteiger partial charge in [-0.25, -0.2) is 13.4 Å². The average Bonchev–Trinajstić information content (AvgIpc) is 2.90. The van der Waals surface area contributed by atoms with Gasteiger partial charge in [0.25, 0.3) is 5.56 Å². The van der Waals surface area contributed by atoms with Crippen LogP contribution in [0, 0.1) is 5.92 Å². The molecule has 1 aliphatic heterocycles. The minimum atomic E-state index is -3.06. The van der Waals surface area contributed by atoms with Gasteiger partial charge in [-0.05, 0) is 18.8 Å². The normalized spacial score (nSPS) is 19.0. The van der Waals surface area contributed by atoms with E-state index in [-0.39, 0.29) is 40.7 Å². The summed E-state index contributed by atoms with van der Waals surface area (Å²) in [4.78, 5) is 33.2. The Morgan fingerprint density at radius 1 is 1.46 bits per heavy atom. The summed E-state index contributed by atoms with van der Waals surface area (Å²) in [6.45, 7) is 6.55. The number of aromatic amines is 1. The first-order valence-corrected chi connectivity index (χ1v) is 11.7. The van der Waals surface area contributed by atoms with Crippen LogP contribution in [0.3, 0.4) is 0 Å². The molecule has 0 aliphatic carbocycles. The summed E-state index contributed by atoms with van der Waals surface area (Å²) < 4.78 is 23.6. The van der Waals surface area contributed by atoms with Crippen LogP contribution in [0.4, 0.5) is 0 Å². The summed E-state index contributed by atoms with van der Waals surface area (Å²) in [5.41, 5.74) is 0.492. The van der Waals surface area contributed by atoms with E-state index in [0.717, 1.165) is 6.42 Å². The molecule has 146 valence electrons. The third kappa shape index (κ3) is 6.12. The van der Waals surface area contributed by atoms with Gasteiger partial charge in [-0.1, -0.05) is 39.0 Å². The molecule has 1 N–H and O–H groups in total. The minimum absolute atomic E-state index is 0.0389. The van der Waals surface area contributed by atoms with E-state index in [1.165, 1.54) is 17.8 Å². The Morgan fingerprint density at radius 3 is 2.77 bits per heavy atom. The Hall–Kier alpha value is -1.35. The molecule has 1 aromatic rings. The first-order chi connectivity index (χ1) is 12.2. The molecule has 0 bridgehead atoms. The number of sulfone groups is 1. The fraction of sp³-hybridized carbons (Fsp3) is 0.706. The number of rotatable bonds is 8. The Kier molecular flexibility index (Phi) is 7.28. The second-order valence-corrected chi connectivity index (χ2v) is 10.3. The van der Waals surface area contributed by atoms with E-state index in [2.05, 4.69) is 9.97 Å². The number of nitrogens with zero attached hydrogens (tertiary/aromatic N) is 2. The van der Waals surface area contributed by atoms with Crippen LogP contribution < -0.4 is 5.56 Å². The van der Waals surface area contributed by atoms with Crippen LogP contribution in [0.2, 0.25) is 0 Å². The molecule has 1 aromatic heterocycles. The second kappa shape index (κ2) is 9.03. The van der Waals surface area contributed by atoms with Crippen LogP contribution in [0.15, 0.2) is 16.0 Å². The maximum atomic E-state index is 12.7. The molecule has 26 heavy (non-hydrogen) atoms. The lowest BCUT2D eigenvalue weighted by Gasteiger charge is -2.29. The Morgan fingerprint density at radius 2 is 2.19 bits per heavy atom. The van der Waals surface area contributed by atoms with Crippen molar-refractivity contribution in [2.45, 2.75) is 51.2 Å². The zero-order valence-electron chi connectivity index (χ0n) is 15.5. The summed E-state index contributed by atoms with van der Waals surface area (Å²) in [5.74, 6) is 0.437. The standard InChI is InChI=1S/C17H27N3O4S2/c1-4-5-13-8-15(21)19-17(18-13)25-10-16(22)20(9-12(2)3)14-6-7-26(23,24)11-14/h8,12,14H,4-7,9-11H2,1-3H3,(H,18,19,21)/t14-/m0/s1. The third-order valence-corrected chi connectivity index (χ3v) is 6.75. The van der Waals surface area contributed by atoms with E-state index in [4.69, 9.17) is 0 Å². The van der Waals surface area contributed by atoms with Crippen molar-refractivity contribution in [2.75, 3.05) is 23.8 Å². The number of hydrogen-bond donors (Lipinski definition) is 1. The molecule has 2 rings (SSSR count). The van der Waals surface area contributed by atoms with Gasteiger partial charge in [0, 0.05) is 24.3 Å². The van der Waals surface area contributed by atoms with Crippen molar-refractivity contribution in [3.8, 4) is 0 Å². The lowest BCUT2D eigenvalue weighted by Crippen LogP contribution is -2.44. The summed E-state index contributed by atoms with van der Waals surface area (Å²) in [6.07, 6.45) is 2.09. The molecule has 1 amide bonds. The number of thioether (sulfide) groups is 1. The molecule has 9 heteroatoms. The van der Waals surface area contributed by atoms with Gasteiger partial charge in [0.15, 0.2) is 15.0 Å². The number of carbonyl (C=O) groups is 1.